The van der Waals surface area contributed by atoms with E-state index < -0.39 is 12.1 Å². The Morgan fingerprint density at radius 1 is 0.623 bits per heavy atom. The molecule has 2 aliphatic heterocycles. The summed E-state index contributed by atoms with van der Waals surface area (Å²) in [6.07, 6.45) is 7.48. The standard InChI is InChI=1S/C55H55N9O4S/c1-38-5-11-47(52(65)61-29-21-45(22-30-61)43-13-7-41(36-56)8-14-43)34-50(38)63(54(67)59-27-19-40-17-25-58-26-18-40)64(55(68)60-28-20-49-4-3-33-69-49)51-35-48(12-6-39(51)2)53(66)62-31-23-46(24-32-62)44-15-9-42(37-57)10-16-44/h3-18,25-26,33-35,45-46H,19-24,27-32H2,1-2H3,(H,59,67)(H,60,68). The molecule has 0 saturated carbocycles. The SMILES string of the molecule is Cc1ccc(C(=O)N2CCC(c3ccc(C#N)cc3)CC2)cc1N(C(=O)NCCc1ccncc1)N(C(=O)NCCc1cccs1)c1cc(C(=O)N2CCC(c3ccc(C#N)cc3)CC2)ccc1C. The first-order valence-electron chi connectivity index (χ1n) is 23.5. The number of hydrogen-bond acceptors (Lipinski definition) is 8. The number of hydrogen-bond donors (Lipinski definition) is 2. The number of likely N-dealkylation sites (tertiary alicyclic amines) is 2. The van der Waals surface area contributed by atoms with Crippen LogP contribution in [0.1, 0.15) is 102 Å². The molecule has 2 N–H and O–H groups in total. The van der Waals surface area contributed by atoms with E-state index in [1.165, 1.54) is 10.0 Å². The first kappa shape index (κ1) is 47.7. The number of aromatic nitrogens is 1. The summed E-state index contributed by atoms with van der Waals surface area (Å²) in [5.41, 5.74) is 7.13. The number of nitrogens with one attached hydrogen (secondary N) is 2. The van der Waals surface area contributed by atoms with E-state index in [-0.39, 0.29) is 36.7 Å². The molecule has 2 saturated heterocycles. The third-order valence-electron chi connectivity index (χ3n) is 13.2. The second kappa shape index (κ2) is 22.3. The lowest BCUT2D eigenvalue weighted by Crippen LogP contribution is -2.58. The summed E-state index contributed by atoms with van der Waals surface area (Å²) in [6.45, 7) is 6.29. The highest BCUT2D eigenvalue weighted by atomic mass is 32.1. The summed E-state index contributed by atoms with van der Waals surface area (Å²) in [5.74, 6) is 0.125. The number of pyridine rings is 1. The second-order valence-electron chi connectivity index (χ2n) is 17.6. The Morgan fingerprint density at radius 3 is 1.49 bits per heavy atom. The molecule has 14 heteroatoms. The van der Waals surface area contributed by atoms with Crippen molar-refractivity contribution in [1.29, 1.82) is 10.5 Å². The fraction of sp³-hybridized carbons (Fsp3) is 0.291. The van der Waals surface area contributed by atoms with Crippen molar-refractivity contribution in [1.82, 2.24) is 25.4 Å². The minimum Gasteiger partial charge on any atom is -0.339 e. The lowest BCUT2D eigenvalue weighted by Gasteiger charge is -2.37. The van der Waals surface area contributed by atoms with Gasteiger partial charge in [0.15, 0.2) is 0 Å². The van der Waals surface area contributed by atoms with Gasteiger partial charge in [0.1, 0.15) is 0 Å². The maximum absolute atomic E-state index is 15.0. The van der Waals surface area contributed by atoms with Gasteiger partial charge < -0.3 is 20.4 Å². The molecule has 0 atom stereocenters. The molecule has 0 radical (unpaired) electrons. The van der Waals surface area contributed by atoms with Crippen LogP contribution in [0.2, 0.25) is 0 Å². The van der Waals surface area contributed by atoms with Crippen molar-refractivity contribution >= 4 is 46.6 Å². The van der Waals surface area contributed by atoms with Gasteiger partial charge in [0.2, 0.25) is 0 Å². The fourth-order valence-electron chi connectivity index (χ4n) is 9.17. The zero-order valence-corrected chi connectivity index (χ0v) is 39.8. The van der Waals surface area contributed by atoms with Crippen molar-refractivity contribution in [3.05, 3.63) is 182 Å². The molecule has 2 aliphatic rings. The highest BCUT2D eigenvalue weighted by Gasteiger charge is 2.34. The smallest absolute Gasteiger partial charge is 0.339 e. The summed E-state index contributed by atoms with van der Waals surface area (Å²) in [6, 6.07) is 36.6. The van der Waals surface area contributed by atoms with Gasteiger partial charge in [-0.25, -0.2) is 9.59 Å². The van der Waals surface area contributed by atoms with Crippen molar-refractivity contribution < 1.29 is 19.2 Å². The van der Waals surface area contributed by atoms with Crippen LogP contribution in [0, 0.1) is 36.5 Å². The molecule has 2 fully saturated rings. The van der Waals surface area contributed by atoms with Gasteiger partial charge in [-0.15, -0.1) is 11.3 Å². The summed E-state index contributed by atoms with van der Waals surface area (Å²) in [4.78, 5) is 67.7. The Hall–Kier alpha value is -7.81. The number of aryl methyl sites for hydroxylation is 2. The molecule has 0 aliphatic carbocycles. The van der Waals surface area contributed by atoms with Crippen LogP contribution >= 0.6 is 11.3 Å². The highest BCUT2D eigenvalue weighted by Crippen LogP contribution is 2.34. The molecule has 4 aromatic carbocycles. The van der Waals surface area contributed by atoms with Crippen molar-refractivity contribution in [2.45, 2.75) is 64.2 Å². The third kappa shape index (κ3) is 11.5. The first-order chi connectivity index (χ1) is 33.6. The normalized spacial score (nSPS) is 14.0. The Kier molecular flexibility index (Phi) is 15.4. The largest absolute Gasteiger partial charge is 0.341 e. The molecular formula is C55H55N9O4S. The summed E-state index contributed by atoms with van der Waals surface area (Å²) < 4.78 is 0. The molecule has 4 heterocycles. The monoisotopic (exact) mass is 937 g/mol. The number of carbonyl (C=O) groups is 4. The average Bonchev–Trinajstić information content (AvgIpc) is 3.92. The van der Waals surface area contributed by atoms with Gasteiger partial charge in [-0.2, -0.15) is 20.5 Å². The van der Waals surface area contributed by atoms with Crippen LogP contribution in [-0.4, -0.2) is 77.9 Å². The molecule has 0 bridgehead atoms. The van der Waals surface area contributed by atoms with Crippen LogP contribution in [0.15, 0.2) is 127 Å². The molecule has 0 spiro atoms. The number of nitrogens with zero attached hydrogens (tertiary/aromatic N) is 7. The quantitative estimate of drug-likeness (QED) is 0.115. The predicted octanol–water partition coefficient (Wildman–Crippen LogP) is 9.68. The maximum Gasteiger partial charge on any atom is 0.341 e. The highest BCUT2D eigenvalue weighted by molar-refractivity contribution is 7.09. The van der Waals surface area contributed by atoms with Gasteiger partial charge in [-0.05, 0) is 164 Å². The van der Waals surface area contributed by atoms with Gasteiger partial charge in [0.05, 0.1) is 34.6 Å². The van der Waals surface area contributed by atoms with E-state index in [9.17, 15) is 29.7 Å². The number of urea groups is 2. The van der Waals surface area contributed by atoms with Crippen molar-refractivity contribution in [3.8, 4) is 12.1 Å². The number of thiophene rings is 1. The topological polar surface area (TPSA) is 166 Å². The third-order valence-corrected chi connectivity index (χ3v) is 14.1. The summed E-state index contributed by atoms with van der Waals surface area (Å²) in [5, 5.41) is 29.3. The van der Waals surface area contributed by atoms with Crippen molar-refractivity contribution in [2.24, 2.45) is 0 Å². The molecule has 69 heavy (non-hydrogen) atoms. The summed E-state index contributed by atoms with van der Waals surface area (Å²) >= 11 is 1.59. The van der Waals surface area contributed by atoms with E-state index in [2.05, 4.69) is 27.8 Å². The first-order valence-corrected chi connectivity index (χ1v) is 24.3. The molecule has 0 unspecified atom stereocenters. The maximum atomic E-state index is 15.0. The number of benzene rings is 4. The van der Waals surface area contributed by atoms with Crippen molar-refractivity contribution in [2.75, 3.05) is 49.3 Å². The molecule has 6 amide bonds. The molecule has 6 aromatic rings. The minimum absolute atomic E-state index is 0.187. The van der Waals surface area contributed by atoms with E-state index in [0.717, 1.165) is 47.3 Å². The minimum atomic E-state index is -0.602. The van der Waals surface area contributed by atoms with Gasteiger partial charge in [-0.3, -0.25) is 14.6 Å². The van der Waals surface area contributed by atoms with Crippen LogP contribution in [0.3, 0.4) is 0 Å². The fourth-order valence-corrected chi connectivity index (χ4v) is 9.88. The number of anilines is 2. The van der Waals surface area contributed by atoms with Gasteiger partial charge in [0, 0.05) is 67.7 Å². The number of carbonyl (C=O) groups excluding carboxylic acids is 4. The van der Waals surface area contributed by atoms with Crippen LogP contribution in [0.5, 0.6) is 0 Å². The van der Waals surface area contributed by atoms with Gasteiger partial charge in [0.25, 0.3) is 11.8 Å². The lowest BCUT2D eigenvalue weighted by atomic mass is 9.89. The van der Waals surface area contributed by atoms with E-state index in [1.807, 2.05) is 102 Å². The Balaban J connectivity index is 1.11. The van der Waals surface area contributed by atoms with Crippen LogP contribution in [0.25, 0.3) is 0 Å². The lowest BCUT2D eigenvalue weighted by molar-refractivity contribution is 0.0705. The van der Waals surface area contributed by atoms with Crippen LogP contribution in [-0.2, 0) is 12.8 Å². The van der Waals surface area contributed by atoms with Crippen molar-refractivity contribution in [3.63, 3.8) is 0 Å². The van der Waals surface area contributed by atoms with E-state index in [1.54, 1.807) is 60.1 Å². The molecule has 8 rings (SSSR count). The van der Waals surface area contributed by atoms with E-state index in [0.29, 0.717) is 83.8 Å². The predicted molar refractivity (Wildman–Crippen MR) is 268 cm³/mol. The number of nitriles is 2. The number of rotatable bonds is 12. The summed E-state index contributed by atoms with van der Waals surface area (Å²) in [7, 11) is 0. The number of amides is 6. The number of piperidine rings is 2. The molecule has 13 nitrogen and oxygen atoms in total. The van der Waals surface area contributed by atoms with E-state index >= 15 is 0 Å². The second-order valence-corrected chi connectivity index (χ2v) is 18.7. The van der Waals surface area contributed by atoms with Gasteiger partial charge in [-0.1, -0.05) is 42.5 Å². The average molecular weight is 938 g/mol. The van der Waals surface area contributed by atoms with Crippen LogP contribution in [0.4, 0.5) is 21.0 Å². The zero-order chi connectivity index (χ0) is 48.3. The Morgan fingerprint density at radius 2 is 1.07 bits per heavy atom. The zero-order valence-electron chi connectivity index (χ0n) is 38.9. The Labute approximate surface area is 407 Å². The van der Waals surface area contributed by atoms with Gasteiger partial charge >= 0.3 is 12.1 Å². The number of hydrazine groups is 1. The van der Waals surface area contributed by atoms with E-state index in [4.69, 9.17) is 0 Å². The molecule has 350 valence electrons. The molecule has 2 aromatic heterocycles. The Bertz CT molecular complexity index is 2840. The molecular weight excluding hydrogens is 883 g/mol. The van der Waals surface area contributed by atoms with Crippen LogP contribution < -0.4 is 20.7 Å².